The van der Waals surface area contributed by atoms with E-state index in [2.05, 4.69) is 12.2 Å². The first-order valence-corrected chi connectivity index (χ1v) is 8.12. The van der Waals surface area contributed by atoms with Gasteiger partial charge in [0.1, 0.15) is 0 Å². The zero-order valence-corrected chi connectivity index (χ0v) is 12.3. The van der Waals surface area contributed by atoms with Crippen LogP contribution in [0.4, 0.5) is 0 Å². The molecule has 0 aromatic rings. The van der Waals surface area contributed by atoms with Crippen molar-refractivity contribution in [3.63, 3.8) is 0 Å². The van der Waals surface area contributed by atoms with Gasteiger partial charge in [-0.3, -0.25) is 0 Å². The second-order valence-corrected chi connectivity index (χ2v) is 6.30. The van der Waals surface area contributed by atoms with Crippen LogP contribution in [-0.2, 0) is 4.74 Å². The molecule has 1 N–H and O–H groups in total. The Balaban J connectivity index is 1.81. The molecular formula is C16H31NO. The van der Waals surface area contributed by atoms with Crippen molar-refractivity contribution in [2.45, 2.75) is 89.3 Å². The second-order valence-electron chi connectivity index (χ2n) is 6.30. The number of nitrogens with one attached hydrogen (secondary N) is 1. The maximum absolute atomic E-state index is 5.54. The maximum atomic E-state index is 5.54. The third-order valence-corrected chi connectivity index (χ3v) is 5.07. The lowest BCUT2D eigenvalue weighted by Crippen LogP contribution is -2.46. The fraction of sp³-hybridized carbons (Fsp3) is 1.00. The van der Waals surface area contributed by atoms with Gasteiger partial charge in [-0.2, -0.15) is 0 Å². The van der Waals surface area contributed by atoms with Crippen molar-refractivity contribution in [2.75, 3.05) is 7.11 Å². The Kier molecular flexibility index (Phi) is 5.97. The van der Waals surface area contributed by atoms with Crippen molar-refractivity contribution in [2.24, 2.45) is 5.92 Å². The average Bonchev–Trinajstić information content (AvgIpc) is 2.46. The Morgan fingerprint density at radius 2 is 1.83 bits per heavy atom. The van der Waals surface area contributed by atoms with Gasteiger partial charge < -0.3 is 10.1 Å². The molecule has 18 heavy (non-hydrogen) atoms. The van der Waals surface area contributed by atoms with Crippen LogP contribution in [0.5, 0.6) is 0 Å². The molecule has 2 rings (SSSR count). The van der Waals surface area contributed by atoms with Crippen molar-refractivity contribution >= 4 is 0 Å². The lowest BCUT2D eigenvalue weighted by Gasteiger charge is -2.36. The van der Waals surface area contributed by atoms with Gasteiger partial charge in [0, 0.05) is 19.2 Å². The first-order chi connectivity index (χ1) is 8.83. The molecule has 2 saturated carbocycles. The third-order valence-electron chi connectivity index (χ3n) is 5.07. The highest BCUT2D eigenvalue weighted by Gasteiger charge is 2.27. The summed E-state index contributed by atoms with van der Waals surface area (Å²) in [5.41, 5.74) is 0. The standard InChI is InChI=1S/C16H31NO/c1-3-16(13-8-5-4-6-9-13)17-14-10-7-11-15(12-14)18-2/h13-17H,3-12H2,1-2H3. The SMILES string of the molecule is CCC(NC1CCCC(OC)C1)C1CCCCC1. The summed E-state index contributed by atoms with van der Waals surface area (Å²) in [5, 5.41) is 3.96. The molecule has 3 unspecified atom stereocenters. The van der Waals surface area contributed by atoms with Crippen molar-refractivity contribution in [3.05, 3.63) is 0 Å². The van der Waals surface area contributed by atoms with Gasteiger partial charge in [-0.1, -0.05) is 26.2 Å². The number of methoxy groups -OCH3 is 1. The monoisotopic (exact) mass is 253 g/mol. The average molecular weight is 253 g/mol. The molecule has 0 aromatic carbocycles. The Morgan fingerprint density at radius 1 is 1.06 bits per heavy atom. The van der Waals surface area contributed by atoms with E-state index in [0.29, 0.717) is 12.1 Å². The molecular weight excluding hydrogens is 222 g/mol. The highest BCUT2D eigenvalue weighted by molar-refractivity contribution is 4.85. The summed E-state index contributed by atoms with van der Waals surface area (Å²) >= 11 is 0. The summed E-state index contributed by atoms with van der Waals surface area (Å²) in [6.07, 6.45) is 14.2. The predicted molar refractivity (Wildman–Crippen MR) is 76.8 cm³/mol. The number of hydrogen-bond donors (Lipinski definition) is 1. The summed E-state index contributed by atoms with van der Waals surface area (Å²) in [5.74, 6) is 0.937. The lowest BCUT2D eigenvalue weighted by molar-refractivity contribution is 0.0542. The van der Waals surface area contributed by atoms with E-state index in [0.717, 1.165) is 12.0 Å². The van der Waals surface area contributed by atoms with Crippen LogP contribution in [0.1, 0.15) is 71.1 Å². The predicted octanol–water partition coefficient (Wildman–Crippen LogP) is 3.89. The molecule has 2 nitrogen and oxygen atoms in total. The number of ether oxygens (including phenoxy) is 1. The first kappa shape index (κ1) is 14.3. The number of hydrogen-bond acceptors (Lipinski definition) is 2. The molecule has 0 radical (unpaired) electrons. The molecule has 3 atom stereocenters. The van der Waals surface area contributed by atoms with Crippen LogP contribution in [0, 0.1) is 5.92 Å². The van der Waals surface area contributed by atoms with E-state index in [-0.39, 0.29) is 0 Å². The molecule has 2 aliphatic rings. The van der Waals surface area contributed by atoms with E-state index < -0.39 is 0 Å². The number of rotatable bonds is 5. The summed E-state index contributed by atoms with van der Waals surface area (Å²) in [4.78, 5) is 0. The Labute approximate surface area is 113 Å². The van der Waals surface area contributed by atoms with E-state index in [4.69, 9.17) is 4.74 Å². The minimum atomic E-state index is 0.500. The van der Waals surface area contributed by atoms with Crippen molar-refractivity contribution in [1.82, 2.24) is 5.32 Å². The summed E-state index contributed by atoms with van der Waals surface area (Å²) in [6.45, 7) is 2.35. The molecule has 2 aliphatic carbocycles. The normalized spacial score (nSPS) is 32.3. The van der Waals surface area contributed by atoms with Gasteiger partial charge in [0.2, 0.25) is 0 Å². The molecule has 0 spiro atoms. The van der Waals surface area contributed by atoms with Gasteiger partial charge >= 0.3 is 0 Å². The first-order valence-electron chi connectivity index (χ1n) is 8.12. The fourth-order valence-electron chi connectivity index (χ4n) is 3.94. The van der Waals surface area contributed by atoms with Crippen LogP contribution in [0.2, 0.25) is 0 Å². The zero-order chi connectivity index (χ0) is 12.8. The van der Waals surface area contributed by atoms with Gasteiger partial charge in [0.05, 0.1) is 6.10 Å². The van der Waals surface area contributed by atoms with E-state index >= 15 is 0 Å². The Bertz CT molecular complexity index is 225. The highest BCUT2D eigenvalue weighted by atomic mass is 16.5. The van der Waals surface area contributed by atoms with Crippen molar-refractivity contribution < 1.29 is 4.74 Å². The molecule has 2 fully saturated rings. The maximum Gasteiger partial charge on any atom is 0.0586 e. The molecule has 0 bridgehead atoms. The van der Waals surface area contributed by atoms with Crippen LogP contribution in [0.25, 0.3) is 0 Å². The molecule has 0 amide bonds. The van der Waals surface area contributed by atoms with Crippen LogP contribution in [0.3, 0.4) is 0 Å². The van der Waals surface area contributed by atoms with Crippen LogP contribution < -0.4 is 5.32 Å². The Morgan fingerprint density at radius 3 is 2.50 bits per heavy atom. The van der Waals surface area contributed by atoms with Crippen LogP contribution >= 0.6 is 0 Å². The second kappa shape index (κ2) is 7.49. The molecule has 0 aromatic heterocycles. The van der Waals surface area contributed by atoms with Gasteiger partial charge in [-0.15, -0.1) is 0 Å². The summed E-state index contributed by atoms with van der Waals surface area (Å²) in [6, 6.07) is 1.46. The van der Waals surface area contributed by atoms with Crippen molar-refractivity contribution in [3.8, 4) is 0 Å². The van der Waals surface area contributed by atoms with Gasteiger partial charge in [-0.25, -0.2) is 0 Å². The fourth-order valence-corrected chi connectivity index (χ4v) is 3.94. The topological polar surface area (TPSA) is 21.3 Å². The van der Waals surface area contributed by atoms with Crippen LogP contribution in [-0.4, -0.2) is 25.3 Å². The van der Waals surface area contributed by atoms with E-state index in [1.807, 2.05) is 7.11 Å². The largest absolute Gasteiger partial charge is 0.381 e. The molecule has 2 heteroatoms. The minimum absolute atomic E-state index is 0.500. The molecule has 106 valence electrons. The quantitative estimate of drug-likeness (QED) is 0.802. The molecule has 0 aliphatic heterocycles. The lowest BCUT2D eigenvalue weighted by atomic mass is 9.82. The summed E-state index contributed by atoms with van der Waals surface area (Å²) < 4.78 is 5.54. The van der Waals surface area contributed by atoms with Gasteiger partial charge in [-0.05, 0) is 50.9 Å². The smallest absolute Gasteiger partial charge is 0.0586 e. The highest BCUT2D eigenvalue weighted by Crippen LogP contribution is 2.29. The van der Waals surface area contributed by atoms with Crippen molar-refractivity contribution in [1.29, 1.82) is 0 Å². The third kappa shape index (κ3) is 3.96. The van der Waals surface area contributed by atoms with E-state index in [9.17, 15) is 0 Å². The molecule has 0 saturated heterocycles. The molecule has 0 heterocycles. The van der Waals surface area contributed by atoms with Gasteiger partial charge in [0.25, 0.3) is 0 Å². The van der Waals surface area contributed by atoms with E-state index in [1.54, 1.807) is 0 Å². The van der Waals surface area contributed by atoms with E-state index in [1.165, 1.54) is 64.2 Å². The minimum Gasteiger partial charge on any atom is -0.381 e. The van der Waals surface area contributed by atoms with Crippen LogP contribution in [0.15, 0.2) is 0 Å². The van der Waals surface area contributed by atoms with Gasteiger partial charge in [0.15, 0.2) is 0 Å². The zero-order valence-electron chi connectivity index (χ0n) is 12.3. The Hall–Kier alpha value is -0.0800. The summed E-state index contributed by atoms with van der Waals surface area (Å²) in [7, 11) is 1.87.